The Balaban J connectivity index is 1.56. The predicted octanol–water partition coefficient (Wildman–Crippen LogP) is 0.592. The number of benzene rings is 1. The summed E-state index contributed by atoms with van der Waals surface area (Å²) in [6.07, 6.45) is 2.80. The second-order valence-electron chi connectivity index (χ2n) is 6.02. The van der Waals surface area contributed by atoms with E-state index in [9.17, 15) is 14.4 Å². The van der Waals surface area contributed by atoms with E-state index in [1.165, 1.54) is 33.9 Å². The molecule has 0 fully saturated rings. The van der Waals surface area contributed by atoms with Crippen molar-refractivity contribution in [3.8, 4) is 11.3 Å². The zero-order chi connectivity index (χ0) is 19.2. The highest BCUT2D eigenvalue weighted by Crippen LogP contribution is 2.13. The molecule has 138 valence electrons. The quantitative estimate of drug-likeness (QED) is 0.689. The van der Waals surface area contributed by atoms with Crippen molar-refractivity contribution in [3.63, 3.8) is 0 Å². The van der Waals surface area contributed by atoms with E-state index in [0.717, 1.165) is 5.56 Å². The number of nitrogens with one attached hydrogen (secondary N) is 1. The molecule has 3 rings (SSSR count). The van der Waals surface area contributed by atoms with E-state index >= 15 is 0 Å². The average molecular weight is 365 g/mol. The number of aromatic nitrogens is 4. The van der Waals surface area contributed by atoms with Crippen molar-refractivity contribution in [2.45, 2.75) is 20.0 Å². The van der Waals surface area contributed by atoms with Gasteiger partial charge in [0.2, 0.25) is 5.91 Å². The summed E-state index contributed by atoms with van der Waals surface area (Å²) >= 11 is 0. The Morgan fingerprint density at radius 3 is 2.41 bits per heavy atom. The summed E-state index contributed by atoms with van der Waals surface area (Å²) in [6.45, 7) is 2.12. The van der Waals surface area contributed by atoms with E-state index in [1.54, 1.807) is 6.92 Å². The van der Waals surface area contributed by atoms with Crippen LogP contribution in [-0.4, -0.2) is 31.6 Å². The number of aryl methyl sites for hydroxylation is 1. The molecule has 0 saturated carbocycles. The summed E-state index contributed by atoms with van der Waals surface area (Å²) in [7, 11) is 0. The first kappa shape index (κ1) is 18.2. The van der Waals surface area contributed by atoms with Crippen LogP contribution in [0.25, 0.3) is 11.3 Å². The van der Waals surface area contributed by atoms with Crippen molar-refractivity contribution < 1.29 is 4.79 Å². The molecule has 1 amide bonds. The molecule has 8 heteroatoms. The van der Waals surface area contributed by atoms with Crippen LogP contribution in [-0.2, 0) is 17.9 Å². The Labute approximate surface area is 155 Å². The van der Waals surface area contributed by atoms with Crippen molar-refractivity contribution in [3.05, 3.63) is 81.5 Å². The number of carbonyl (C=O) groups excluding carboxylic acids is 1. The first-order valence-corrected chi connectivity index (χ1v) is 8.44. The van der Waals surface area contributed by atoms with Crippen LogP contribution < -0.4 is 16.4 Å². The van der Waals surface area contributed by atoms with Crippen molar-refractivity contribution in [1.29, 1.82) is 0 Å². The van der Waals surface area contributed by atoms with Gasteiger partial charge in [-0.2, -0.15) is 0 Å². The van der Waals surface area contributed by atoms with Gasteiger partial charge >= 0.3 is 0 Å². The smallest absolute Gasteiger partial charge is 0.253 e. The van der Waals surface area contributed by atoms with Crippen LogP contribution in [0.2, 0.25) is 0 Å². The molecule has 1 N–H and O–H groups in total. The molecule has 0 aliphatic carbocycles. The van der Waals surface area contributed by atoms with E-state index in [0.29, 0.717) is 11.4 Å². The first-order chi connectivity index (χ1) is 13.0. The van der Waals surface area contributed by atoms with Gasteiger partial charge in [-0.05, 0) is 6.92 Å². The molecule has 0 unspecified atom stereocenters. The fourth-order valence-corrected chi connectivity index (χ4v) is 2.52. The number of amides is 1. The highest BCUT2D eigenvalue weighted by molar-refractivity contribution is 5.75. The fraction of sp³-hybridized carbons (Fsp3) is 0.211. The van der Waals surface area contributed by atoms with Crippen LogP contribution in [0, 0.1) is 6.92 Å². The summed E-state index contributed by atoms with van der Waals surface area (Å²) in [6, 6.07) is 12.3. The van der Waals surface area contributed by atoms with Crippen LogP contribution in [0.15, 0.2) is 64.7 Å². The molecule has 0 saturated heterocycles. The van der Waals surface area contributed by atoms with Crippen LogP contribution in [0.4, 0.5) is 0 Å². The summed E-state index contributed by atoms with van der Waals surface area (Å²) < 4.78 is 2.65. The van der Waals surface area contributed by atoms with Crippen LogP contribution in [0.1, 0.15) is 5.69 Å². The van der Waals surface area contributed by atoms with E-state index < -0.39 is 0 Å². The van der Waals surface area contributed by atoms with Gasteiger partial charge in [0.15, 0.2) is 0 Å². The number of rotatable bonds is 6. The summed E-state index contributed by atoms with van der Waals surface area (Å²) in [5.41, 5.74) is 1.59. The van der Waals surface area contributed by atoms with E-state index in [4.69, 9.17) is 0 Å². The highest BCUT2D eigenvalue weighted by Gasteiger charge is 2.06. The molecule has 0 bridgehead atoms. The average Bonchev–Trinajstić information content (AvgIpc) is 2.66. The van der Waals surface area contributed by atoms with E-state index in [-0.39, 0.29) is 36.7 Å². The lowest BCUT2D eigenvalue weighted by atomic mass is 10.1. The SMILES string of the molecule is Cc1cc(=O)n(CC(=O)NCCn2cnc(-c3ccccc3)cc2=O)cn1. The van der Waals surface area contributed by atoms with Gasteiger partial charge in [0.1, 0.15) is 6.54 Å². The Morgan fingerprint density at radius 1 is 1.00 bits per heavy atom. The van der Waals surface area contributed by atoms with Crippen molar-refractivity contribution in [1.82, 2.24) is 24.4 Å². The lowest BCUT2D eigenvalue weighted by molar-refractivity contribution is -0.121. The number of nitrogens with zero attached hydrogens (tertiary/aromatic N) is 4. The van der Waals surface area contributed by atoms with Crippen LogP contribution in [0.3, 0.4) is 0 Å². The Bertz CT molecular complexity index is 1060. The third-order valence-electron chi connectivity index (χ3n) is 3.95. The minimum Gasteiger partial charge on any atom is -0.353 e. The van der Waals surface area contributed by atoms with Gasteiger partial charge in [0.25, 0.3) is 11.1 Å². The normalized spacial score (nSPS) is 10.6. The monoisotopic (exact) mass is 365 g/mol. The van der Waals surface area contributed by atoms with Crippen molar-refractivity contribution in [2.75, 3.05) is 6.54 Å². The molecule has 0 aliphatic rings. The number of carbonyl (C=O) groups is 1. The Morgan fingerprint density at radius 2 is 1.70 bits per heavy atom. The zero-order valence-corrected chi connectivity index (χ0v) is 14.8. The Hall–Kier alpha value is -3.55. The summed E-state index contributed by atoms with van der Waals surface area (Å²) in [5, 5.41) is 2.68. The minimum atomic E-state index is -0.329. The molecule has 2 aromatic heterocycles. The second kappa shape index (κ2) is 8.22. The zero-order valence-electron chi connectivity index (χ0n) is 14.8. The summed E-state index contributed by atoms with van der Waals surface area (Å²) in [5.74, 6) is -0.329. The van der Waals surface area contributed by atoms with Crippen molar-refractivity contribution >= 4 is 5.91 Å². The predicted molar refractivity (Wildman–Crippen MR) is 100 cm³/mol. The van der Waals surface area contributed by atoms with Gasteiger partial charge in [-0.15, -0.1) is 0 Å². The van der Waals surface area contributed by atoms with Gasteiger partial charge in [-0.3, -0.25) is 23.5 Å². The molecule has 27 heavy (non-hydrogen) atoms. The lowest BCUT2D eigenvalue weighted by Crippen LogP contribution is -2.35. The maximum atomic E-state index is 12.2. The number of hydrogen-bond acceptors (Lipinski definition) is 5. The fourth-order valence-electron chi connectivity index (χ4n) is 2.52. The molecule has 3 aromatic rings. The molecule has 0 aliphatic heterocycles. The molecular formula is C19H19N5O3. The molecule has 0 atom stereocenters. The van der Waals surface area contributed by atoms with E-state index in [1.807, 2.05) is 30.3 Å². The largest absolute Gasteiger partial charge is 0.353 e. The maximum Gasteiger partial charge on any atom is 0.253 e. The minimum absolute atomic E-state index is 0.119. The molecule has 0 radical (unpaired) electrons. The molecule has 8 nitrogen and oxygen atoms in total. The highest BCUT2D eigenvalue weighted by atomic mass is 16.2. The van der Waals surface area contributed by atoms with Gasteiger partial charge < -0.3 is 5.32 Å². The second-order valence-corrected chi connectivity index (χ2v) is 6.02. The maximum absolute atomic E-state index is 12.2. The van der Waals surface area contributed by atoms with Crippen molar-refractivity contribution in [2.24, 2.45) is 0 Å². The van der Waals surface area contributed by atoms with E-state index in [2.05, 4.69) is 15.3 Å². The molecular weight excluding hydrogens is 346 g/mol. The molecule has 1 aromatic carbocycles. The van der Waals surface area contributed by atoms with Gasteiger partial charge in [-0.25, -0.2) is 9.97 Å². The third kappa shape index (κ3) is 4.75. The van der Waals surface area contributed by atoms with Gasteiger partial charge in [0.05, 0.1) is 18.3 Å². The third-order valence-corrected chi connectivity index (χ3v) is 3.95. The van der Waals surface area contributed by atoms with Crippen LogP contribution >= 0.6 is 0 Å². The van der Waals surface area contributed by atoms with Gasteiger partial charge in [-0.1, -0.05) is 30.3 Å². The lowest BCUT2D eigenvalue weighted by Gasteiger charge is -2.09. The van der Waals surface area contributed by atoms with Crippen LogP contribution in [0.5, 0.6) is 0 Å². The number of hydrogen-bond donors (Lipinski definition) is 1. The molecule has 2 heterocycles. The topological polar surface area (TPSA) is 98.9 Å². The standard InChI is InChI=1S/C19H19N5O3/c1-14-9-18(26)24(12-21-14)11-17(25)20-7-8-23-13-22-16(10-19(23)27)15-5-3-2-4-6-15/h2-6,9-10,12-13H,7-8,11H2,1H3,(H,20,25). The Kier molecular flexibility index (Phi) is 5.55. The summed E-state index contributed by atoms with van der Waals surface area (Å²) in [4.78, 5) is 44.2. The first-order valence-electron chi connectivity index (χ1n) is 8.44. The van der Waals surface area contributed by atoms with Gasteiger partial charge in [0, 0.05) is 36.5 Å². The molecule has 0 spiro atoms.